The van der Waals surface area contributed by atoms with Gasteiger partial charge in [-0.2, -0.15) is 0 Å². The maximum Gasteiger partial charge on any atom is 0.344 e. The van der Waals surface area contributed by atoms with Crippen molar-refractivity contribution in [3.63, 3.8) is 0 Å². The summed E-state index contributed by atoms with van der Waals surface area (Å²) in [6, 6.07) is 11.7. The highest BCUT2D eigenvalue weighted by molar-refractivity contribution is 5.71. The van der Waals surface area contributed by atoms with E-state index in [0.717, 1.165) is 11.3 Å². The lowest BCUT2D eigenvalue weighted by atomic mass is 10.1. The number of hydrogen-bond donors (Lipinski definition) is 0. The summed E-state index contributed by atoms with van der Waals surface area (Å²) in [4.78, 5) is 11.2. The van der Waals surface area contributed by atoms with Crippen molar-refractivity contribution >= 4 is 5.97 Å². The average molecular weight is 260 g/mol. The monoisotopic (exact) mass is 260 g/mol. The molecular formula is C14H16N2O3. The molecule has 0 bridgehead atoms. The maximum absolute atomic E-state index is 11.2. The summed E-state index contributed by atoms with van der Waals surface area (Å²) in [5.74, 6) is 0.0174. The van der Waals surface area contributed by atoms with Crippen LogP contribution >= 0.6 is 0 Å². The Labute approximate surface area is 111 Å². The van der Waals surface area contributed by atoms with Crippen LogP contribution in [0.3, 0.4) is 0 Å². The normalized spacial score (nSPS) is 10.2. The van der Waals surface area contributed by atoms with Gasteiger partial charge >= 0.3 is 5.97 Å². The number of aryl methyl sites for hydroxylation is 1. The predicted octanol–water partition coefficient (Wildman–Crippen LogP) is 2.03. The van der Waals surface area contributed by atoms with Gasteiger partial charge in [-0.05, 0) is 12.5 Å². The number of rotatable bonds is 5. The average Bonchev–Trinajstić information content (AvgIpc) is 2.79. The Morgan fingerprint density at radius 3 is 2.74 bits per heavy atom. The molecule has 5 nitrogen and oxygen atoms in total. The molecule has 0 atom stereocenters. The first kappa shape index (κ1) is 13.1. The van der Waals surface area contributed by atoms with E-state index in [9.17, 15) is 4.79 Å². The van der Waals surface area contributed by atoms with Crippen molar-refractivity contribution in [3.05, 3.63) is 36.4 Å². The van der Waals surface area contributed by atoms with E-state index >= 15 is 0 Å². The standard InChI is InChI=1S/C14H16N2O3/c1-3-18-14(17)10-19-13-9-12(16(2)15-13)11-7-5-4-6-8-11/h4-9H,3,10H2,1-2H3. The molecule has 0 aliphatic carbocycles. The van der Waals surface area contributed by atoms with Gasteiger partial charge in [-0.15, -0.1) is 5.10 Å². The number of hydrogen-bond acceptors (Lipinski definition) is 4. The summed E-state index contributed by atoms with van der Waals surface area (Å²) in [6.45, 7) is 1.98. The summed E-state index contributed by atoms with van der Waals surface area (Å²) in [5, 5.41) is 4.21. The Morgan fingerprint density at radius 1 is 1.32 bits per heavy atom. The first-order valence-electron chi connectivity index (χ1n) is 6.08. The Morgan fingerprint density at radius 2 is 2.05 bits per heavy atom. The molecule has 1 aromatic heterocycles. The molecular weight excluding hydrogens is 244 g/mol. The van der Waals surface area contributed by atoms with Crippen molar-refractivity contribution in [2.45, 2.75) is 6.92 Å². The van der Waals surface area contributed by atoms with E-state index in [-0.39, 0.29) is 6.61 Å². The molecule has 100 valence electrons. The topological polar surface area (TPSA) is 53.4 Å². The van der Waals surface area contributed by atoms with E-state index in [0.29, 0.717) is 12.5 Å². The van der Waals surface area contributed by atoms with Crippen molar-refractivity contribution in [1.29, 1.82) is 0 Å². The van der Waals surface area contributed by atoms with Gasteiger partial charge in [-0.25, -0.2) is 4.79 Å². The molecule has 0 unspecified atom stereocenters. The number of carbonyl (C=O) groups excluding carboxylic acids is 1. The Hall–Kier alpha value is -2.30. The van der Waals surface area contributed by atoms with E-state index < -0.39 is 5.97 Å². The smallest absolute Gasteiger partial charge is 0.344 e. The van der Waals surface area contributed by atoms with Crippen LogP contribution in [0.1, 0.15) is 6.92 Å². The Bertz CT molecular complexity index is 549. The Kier molecular flexibility index (Phi) is 4.18. The van der Waals surface area contributed by atoms with E-state index in [1.165, 1.54) is 0 Å². The first-order valence-corrected chi connectivity index (χ1v) is 6.08. The molecule has 0 aliphatic heterocycles. The third-order valence-electron chi connectivity index (χ3n) is 2.57. The maximum atomic E-state index is 11.2. The lowest BCUT2D eigenvalue weighted by molar-refractivity contribution is -0.145. The van der Waals surface area contributed by atoms with Crippen LogP contribution < -0.4 is 4.74 Å². The fourth-order valence-electron chi connectivity index (χ4n) is 1.73. The second kappa shape index (κ2) is 6.04. The summed E-state index contributed by atoms with van der Waals surface area (Å²) >= 11 is 0. The molecule has 1 heterocycles. The summed E-state index contributed by atoms with van der Waals surface area (Å²) in [7, 11) is 1.83. The molecule has 19 heavy (non-hydrogen) atoms. The lowest BCUT2D eigenvalue weighted by Crippen LogP contribution is -2.14. The van der Waals surface area contributed by atoms with Crippen molar-refractivity contribution in [3.8, 4) is 17.1 Å². The van der Waals surface area contributed by atoms with Crippen LogP contribution in [0.25, 0.3) is 11.3 Å². The molecule has 0 amide bonds. The molecule has 1 aromatic carbocycles. The van der Waals surface area contributed by atoms with Crippen molar-refractivity contribution in [1.82, 2.24) is 9.78 Å². The fourth-order valence-corrected chi connectivity index (χ4v) is 1.73. The molecule has 0 N–H and O–H groups in total. The van der Waals surface area contributed by atoms with Crippen LogP contribution in [-0.4, -0.2) is 29.0 Å². The van der Waals surface area contributed by atoms with Crippen LogP contribution in [-0.2, 0) is 16.6 Å². The summed E-state index contributed by atoms with van der Waals surface area (Å²) < 4.78 is 11.8. The van der Waals surface area contributed by atoms with Gasteiger partial charge in [0, 0.05) is 13.1 Å². The number of esters is 1. The Balaban J connectivity index is 2.07. The predicted molar refractivity (Wildman–Crippen MR) is 70.8 cm³/mol. The highest BCUT2D eigenvalue weighted by atomic mass is 16.6. The largest absolute Gasteiger partial charge is 0.465 e. The number of ether oxygens (including phenoxy) is 2. The van der Waals surface area contributed by atoms with Gasteiger partial charge in [-0.1, -0.05) is 30.3 Å². The van der Waals surface area contributed by atoms with Crippen molar-refractivity contribution in [2.75, 3.05) is 13.2 Å². The number of carbonyl (C=O) groups is 1. The lowest BCUT2D eigenvalue weighted by Gasteiger charge is -2.01. The third kappa shape index (κ3) is 3.34. The molecule has 0 saturated heterocycles. The van der Waals surface area contributed by atoms with Crippen LogP contribution in [0.2, 0.25) is 0 Å². The molecule has 0 fully saturated rings. The van der Waals surface area contributed by atoms with Gasteiger partial charge in [0.05, 0.1) is 12.3 Å². The van der Waals surface area contributed by atoms with Crippen molar-refractivity contribution in [2.24, 2.45) is 7.05 Å². The second-order valence-corrected chi connectivity index (χ2v) is 3.95. The molecule has 2 aromatic rings. The molecule has 2 rings (SSSR count). The quantitative estimate of drug-likeness (QED) is 0.772. The summed E-state index contributed by atoms with van der Waals surface area (Å²) in [6.07, 6.45) is 0. The van der Waals surface area contributed by atoms with E-state index in [1.54, 1.807) is 17.7 Å². The fraction of sp³-hybridized carbons (Fsp3) is 0.286. The van der Waals surface area contributed by atoms with E-state index in [2.05, 4.69) is 5.10 Å². The van der Waals surface area contributed by atoms with Gasteiger partial charge in [0.1, 0.15) is 0 Å². The van der Waals surface area contributed by atoms with Gasteiger partial charge in [0.15, 0.2) is 6.61 Å². The van der Waals surface area contributed by atoms with Gasteiger partial charge in [-0.3, -0.25) is 4.68 Å². The van der Waals surface area contributed by atoms with E-state index in [4.69, 9.17) is 9.47 Å². The minimum absolute atomic E-state index is 0.126. The highest BCUT2D eigenvalue weighted by Crippen LogP contribution is 2.22. The van der Waals surface area contributed by atoms with E-state index in [1.807, 2.05) is 37.4 Å². The SMILES string of the molecule is CCOC(=O)COc1cc(-c2ccccc2)n(C)n1. The molecule has 5 heteroatoms. The highest BCUT2D eigenvalue weighted by Gasteiger charge is 2.10. The van der Waals surface area contributed by atoms with Crippen molar-refractivity contribution < 1.29 is 14.3 Å². The number of aromatic nitrogens is 2. The molecule has 0 radical (unpaired) electrons. The molecule has 0 saturated carbocycles. The second-order valence-electron chi connectivity index (χ2n) is 3.95. The van der Waals surface area contributed by atoms with Crippen LogP contribution in [0.15, 0.2) is 36.4 Å². The zero-order chi connectivity index (χ0) is 13.7. The minimum atomic E-state index is -0.394. The molecule has 0 spiro atoms. The summed E-state index contributed by atoms with van der Waals surface area (Å²) in [5.41, 5.74) is 1.97. The van der Waals surface area contributed by atoms with Crippen LogP contribution in [0.5, 0.6) is 5.88 Å². The van der Waals surface area contributed by atoms with Gasteiger partial charge < -0.3 is 9.47 Å². The third-order valence-corrected chi connectivity index (χ3v) is 2.57. The first-order chi connectivity index (χ1) is 9.20. The zero-order valence-corrected chi connectivity index (χ0v) is 11.0. The van der Waals surface area contributed by atoms with Crippen LogP contribution in [0, 0.1) is 0 Å². The van der Waals surface area contributed by atoms with Gasteiger partial charge in [0.2, 0.25) is 5.88 Å². The minimum Gasteiger partial charge on any atom is -0.465 e. The number of nitrogens with zero attached hydrogens (tertiary/aromatic N) is 2. The number of benzene rings is 1. The van der Waals surface area contributed by atoms with Gasteiger partial charge in [0.25, 0.3) is 0 Å². The molecule has 0 aliphatic rings. The van der Waals surface area contributed by atoms with Crippen LogP contribution in [0.4, 0.5) is 0 Å². The zero-order valence-electron chi connectivity index (χ0n) is 11.0.